The van der Waals surface area contributed by atoms with Crippen molar-refractivity contribution in [2.45, 2.75) is 20.0 Å². The molecule has 0 saturated carbocycles. The third kappa shape index (κ3) is 6.04. The van der Waals surface area contributed by atoms with Crippen LogP contribution in [0.2, 0.25) is 0 Å². The zero-order valence-corrected chi connectivity index (χ0v) is 10.4. The van der Waals surface area contributed by atoms with Crippen LogP contribution in [0.5, 0.6) is 0 Å². The molecular formula is C10H18N2O6. The molecule has 8 nitrogen and oxygen atoms in total. The molecule has 1 unspecified atom stereocenters. The van der Waals surface area contributed by atoms with E-state index in [-0.39, 0.29) is 19.7 Å². The van der Waals surface area contributed by atoms with Crippen LogP contribution < -0.4 is 5.32 Å². The normalized spacial score (nSPS) is 11.5. The number of hydrogen-bond donors (Lipinski definition) is 3. The number of aliphatic hydroxyl groups is 1. The van der Waals surface area contributed by atoms with Gasteiger partial charge in [0.05, 0.1) is 13.2 Å². The Bertz CT molecular complexity index is 307. The van der Waals surface area contributed by atoms with Crippen molar-refractivity contribution < 1.29 is 29.3 Å². The Kier molecular flexibility index (Phi) is 7.45. The average Bonchev–Trinajstić information content (AvgIpc) is 2.32. The highest BCUT2D eigenvalue weighted by Crippen LogP contribution is 1.92. The maximum absolute atomic E-state index is 11.5. The first-order chi connectivity index (χ1) is 8.42. The quantitative estimate of drug-likeness (QED) is 0.508. The van der Waals surface area contributed by atoms with Crippen LogP contribution in [0.3, 0.4) is 0 Å². The molecule has 0 bridgehead atoms. The first-order valence-corrected chi connectivity index (χ1v) is 5.51. The van der Waals surface area contributed by atoms with Gasteiger partial charge in [-0.25, -0.2) is 9.59 Å². The smallest absolute Gasteiger partial charge is 0.334 e. The van der Waals surface area contributed by atoms with Gasteiger partial charge in [0.15, 0.2) is 6.10 Å². The second-order valence-electron chi connectivity index (χ2n) is 3.36. The summed E-state index contributed by atoms with van der Waals surface area (Å²) in [7, 11) is 0. The fourth-order valence-corrected chi connectivity index (χ4v) is 1.07. The number of carboxylic acids is 1. The van der Waals surface area contributed by atoms with E-state index in [0.29, 0.717) is 0 Å². The number of hydrogen-bond acceptors (Lipinski definition) is 5. The minimum absolute atomic E-state index is 0.218. The minimum Gasteiger partial charge on any atom is -0.479 e. The average molecular weight is 262 g/mol. The molecule has 0 saturated heterocycles. The second-order valence-corrected chi connectivity index (χ2v) is 3.36. The number of carbonyl (C=O) groups is 3. The van der Waals surface area contributed by atoms with Crippen molar-refractivity contribution in [1.29, 1.82) is 0 Å². The van der Waals surface area contributed by atoms with E-state index in [1.165, 1.54) is 0 Å². The van der Waals surface area contributed by atoms with E-state index in [9.17, 15) is 14.4 Å². The summed E-state index contributed by atoms with van der Waals surface area (Å²) < 4.78 is 4.68. The summed E-state index contributed by atoms with van der Waals surface area (Å²) in [5, 5.41) is 19.6. The SMILES string of the molecule is CCOC(=O)CN(CC)C(=O)NCC(O)C(=O)O. The van der Waals surface area contributed by atoms with Gasteiger partial charge in [0, 0.05) is 6.54 Å². The molecule has 0 spiro atoms. The molecule has 0 aromatic heterocycles. The topological polar surface area (TPSA) is 116 Å². The van der Waals surface area contributed by atoms with E-state index < -0.39 is 30.6 Å². The van der Waals surface area contributed by atoms with Gasteiger partial charge in [0.1, 0.15) is 6.54 Å². The molecule has 0 aliphatic rings. The molecule has 1 atom stereocenters. The number of urea groups is 1. The second kappa shape index (κ2) is 8.29. The maximum Gasteiger partial charge on any atom is 0.334 e. The van der Waals surface area contributed by atoms with Crippen LogP contribution in [0.1, 0.15) is 13.8 Å². The highest BCUT2D eigenvalue weighted by molar-refractivity contribution is 5.81. The number of ether oxygens (including phenoxy) is 1. The van der Waals surface area contributed by atoms with Gasteiger partial charge in [-0.05, 0) is 13.8 Å². The standard InChI is InChI=1S/C10H18N2O6/c1-3-12(6-8(14)18-4-2)10(17)11-5-7(13)9(15)16/h7,13H,3-6H2,1-2H3,(H,11,17)(H,15,16). The molecule has 0 rings (SSSR count). The molecule has 0 heterocycles. The van der Waals surface area contributed by atoms with E-state index in [0.717, 1.165) is 4.90 Å². The van der Waals surface area contributed by atoms with Gasteiger partial charge >= 0.3 is 18.0 Å². The zero-order chi connectivity index (χ0) is 14.1. The Morgan fingerprint density at radius 2 is 1.94 bits per heavy atom. The van der Waals surface area contributed by atoms with Crippen molar-refractivity contribution >= 4 is 18.0 Å². The highest BCUT2D eigenvalue weighted by Gasteiger charge is 2.19. The number of amides is 2. The van der Waals surface area contributed by atoms with Crippen molar-refractivity contribution in [2.75, 3.05) is 26.2 Å². The Balaban J connectivity index is 4.18. The summed E-state index contributed by atoms with van der Waals surface area (Å²) in [6.45, 7) is 3.14. The molecular weight excluding hydrogens is 244 g/mol. The number of esters is 1. The van der Waals surface area contributed by atoms with Crippen LogP contribution in [-0.4, -0.2) is 65.4 Å². The van der Waals surface area contributed by atoms with Gasteiger partial charge in [0.25, 0.3) is 0 Å². The molecule has 0 fully saturated rings. The third-order valence-electron chi connectivity index (χ3n) is 2.03. The van der Waals surface area contributed by atoms with Crippen LogP contribution in [-0.2, 0) is 14.3 Å². The molecule has 0 aromatic carbocycles. The summed E-state index contributed by atoms with van der Waals surface area (Å²) in [4.78, 5) is 34.2. The fraction of sp³-hybridized carbons (Fsp3) is 0.700. The van der Waals surface area contributed by atoms with Gasteiger partial charge in [0.2, 0.25) is 0 Å². The number of likely N-dealkylation sites (N-methyl/N-ethyl adjacent to an activating group) is 1. The van der Waals surface area contributed by atoms with Crippen LogP contribution in [0.25, 0.3) is 0 Å². The lowest BCUT2D eigenvalue weighted by atomic mass is 10.3. The monoisotopic (exact) mass is 262 g/mol. The Labute approximate surface area is 105 Å². The van der Waals surface area contributed by atoms with Crippen molar-refractivity contribution in [1.82, 2.24) is 10.2 Å². The summed E-state index contributed by atoms with van der Waals surface area (Å²) in [5.41, 5.74) is 0. The summed E-state index contributed by atoms with van der Waals surface area (Å²) >= 11 is 0. The van der Waals surface area contributed by atoms with E-state index in [2.05, 4.69) is 10.1 Å². The molecule has 0 aromatic rings. The van der Waals surface area contributed by atoms with Crippen LogP contribution >= 0.6 is 0 Å². The van der Waals surface area contributed by atoms with Gasteiger partial charge < -0.3 is 25.2 Å². The first-order valence-electron chi connectivity index (χ1n) is 5.51. The molecule has 18 heavy (non-hydrogen) atoms. The minimum atomic E-state index is -1.67. The number of aliphatic hydroxyl groups excluding tert-OH is 1. The summed E-state index contributed by atoms with van der Waals surface area (Å²) in [6.07, 6.45) is -1.67. The molecule has 0 radical (unpaired) electrons. The van der Waals surface area contributed by atoms with Crippen LogP contribution in [0, 0.1) is 0 Å². The maximum atomic E-state index is 11.5. The van der Waals surface area contributed by atoms with Gasteiger partial charge in [-0.1, -0.05) is 0 Å². The number of rotatable bonds is 7. The molecule has 0 aliphatic carbocycles. The molecule has 8 heteroatoms. The van der Waals surface area contributed by atoms with E-state index in [4.69, 9.17) is 10.2 Å². The predicted molar refractivity (Wildman–Crippen MR) is 60.9 cm³/mol. The lowest BCUT2D eigenvalue weighted by Crippen LogP contribution is -2.46. The summed E-state index contributed by atoms with van der Waals surface area (Å²) in [6, 6.07) is -0.633. The lowest BCUT2D eigenvalue weighted by molar-refractivity contribution is -0.146. The van der Waals surface area contributed by atoms with Crippen LogP contribution in [0.4, 0.5) is 4.79 Å². The van der Waals surface area contributed by atoms with E-state index in [1.807, 2.05) is 0 Å². The molecule has 3 N–H and O–H groups in total. The van der Waals surface area contributed by atoms with Crippen molar-refractivity contribution in [3.05, 3.63) is 0 Å². The number of nitrogens with zero attached hydrogens (tertiary/aromatic N) is 1. The van der Waals surface area contributed by atoms with Crippen molar-refractivity contribution in [2.24, 2.45) is 0 Å². The number of aliphatic carboxylic acids is 1. The lowest BCUT2D eigenvalue weighted by Gasteiger charge is -2.20. The van der Waals surface area contributed by atoms with Gasteiger partial charge in [-0.3, -0.25) is 4.79 Å². The largest absolute Gasteiger partial charge is 0.479 e. The van der Waals surface area contributed by atoms with Gasteiger partial charge in [-0.15, -0.1) is 0 Å². The zero-order valence-electron chi connectivity index (χ0n) is 10.4. The van der Waals surface area contributed by atoms with Crippen molar-refractivity contribution in [3.8, 4) is 0 Å². The highest BCUT2D eigenvalue weighted by atomic mass is 16.5. The molecule has 104 valence electrons. The number of carboxylic acid groups (broad SMARTS) is 1. The van der Waals surface area contributed by atoms with Crippen LogP contribution in [0.15, 0.2) is 0 Å². The molecule has 2 amide bonds. The summed E-state index contributed by atoms with van der Waals surface area (Å²) in [5.74, 6) is -1.97. The Morgan fingerprint density at radius 3 is 2.39 bits per heavy atom. The molecule has 0 aliphatic heterocycles. The van der Waals surface area contributed by atoms with Crippen molar-refractivity contribution in [3.63, 3.8) is 0 Å². The predicted octanol–water partition coefficient (Wildman–Crippen LogP) is -0.973. The number of carbonyl (C=O) groups excluding carboxylic acids is 2. The van der Waals surface area contributed by atoms with E-state index >= 15 is 0 Å². The Morgan fingerprint density at radius 1 is 1.33 bits per heavy atom. The van der Waals surface area contributed by atoms with Gasteiger partial charge in [-0.2, -0.15) is 0 Å². The first kappa shape index (κ1) is 16.2. The van der Waals surface area contributed by atoms with E-state index in [1.54, 1.807) is 13.8 Å². The number of nitrogens with one attached hydrogen (secondary N) is 1. The Hall–Kier alpha value is -1.83. The fourth-order valence-electron chi connectivity index (χ4n) is 1.07. The third-order valence-corrected chi connectivity index (χ3v) is 2.03.